The van der Waals surface area contributed by atoms with Crippen LogP contribution < -0.4 is 0 Å². The van der Waals surface area contributed by atoms with Gasteiger partial charge in [0.25, 0.3) is 0 Å². The lowest BCUT2D eigenvalue weighted by Crippen LogP contribution is -1.94. The SMILES string of the molecule is c1ccc(-n2c3ccccc3c3cc(-c4ccc(-c5cccc6c5c5ccccc5n6-c5ccc6oc7ccc(-n8c9ccccc9c9ccccc98)cc7c6c5)cc4)ccc32)cc1. The second-order valence-electron chi connectivity index (χ2n) is 16.9. The van der Waals surface area contributed by atoms with Gasteiger partial charge in [0.05, 0.1) is 33.1 Å². The Morgan fingerprint density at radius 2 is 0.703 bits per heavy atom. The summed E-state index contributed by atoms with van der Waals surface area (Å²) in [6.45, 7) is 0. The van der Waals surface area contributed by atoms with Gasteiger partial charge >= 0.3 is 0 Å². The van der Waals surface area contributed by atoms with Gasteiger partial charge in [0, 0.05) is 60.2 Å². The van der Waals surface area contributed by atoms with Crippen LogP contribution in [0.3, 0.4) is 0 Å². The third kappa shape index (κ3) is 5.05. The van der Waals surface area contributed by atoms with Crippen LogP contribution in [0.4, 0.5) is 0 Å². The van der Waals surface area contributed by atoms with Gasteiger partial charge in [0.15, 0.2) is 0 Å². The Labute approximate surface area is 367 Å². The number of para-hydroxylation sites is 5. The molecule has 298 valence electrons. The van der Waals surface area contributed by atoms with Gasteiger partial charge in [-0.1, -0.05) is 133 Å². The molecule has 0 N–H and O–H groups in total. The van der Waals surface area contributed by atoms with Crippen molar-refractivity contribution in [1.29, 1.82) is 0 Å². The number of rotatable bonds is 5. The fourth-order valence-corrected chi connectivity index (χ4v) is 10.6. The maximum Gasteiger partial charge on any atom is 0.135 e. The highest BCUT2D eigenvalue weighted by atomic mass is 16.3. The Bertz CT molecular complexity index is 4130. The average Bonchev–Trinajstić information content (AvgIpc) is 4.10. The summed E-state index contributed by atoms with van der Waals surface area (Å²) in [6.07, 6.45) is 0. The molecule has 4 heteroatoms. The predicted octanol–water partition coefficient (Wildman–Crippen LogP) is 16.2. The molecule has 64 heavy (non-hydrogen) atoms. The van der Waals surface area contributed by atoms with Crippen LogP contribution >= 0.6 is 0 Å². The molecule has 4 nitrogen and oxygen atoms in total. The lowest BCUT2D eigenvalue weighted by Gasteiger charge is -2.10. The van der Waals surface area contributed by atoms with E-state index in [0.29, 0.717) is 0 Å². The fraction of sp³-hybridized carbons (Fsp3) is 0. The van der Waals surface area contributed by atoms with Gasteiger partial charge in [-0.3, -0.25) is 0 Å². The van der Waals surface area contributed by atoms with Crippen LogP contribution in [0.25, 0.3) is 127 Å². The summed E-state index contributed by atoms with van der Waals surface area (Å²) >= 11 is 0. The molecular formula is C60H37N3O. The molecule has 0 atom stereocenters. The molecule has 0 saturated heterocycles. The zero-order chi connectivity index (χ0) is 41.9. The van der Waals surface area contributed by atoms with Gasteiger partial charge in [0.1, 0.15) is 11.2 Å². The van der Waals surface area contributed by atoms with Crippen molar-refractivity contribution < 1.29 is 4.42 Å². The van der Waals surface area contributed by atoms with Gasteiger partial charge in [0.2, 0.25) is 0 Å². The van der Waals surface area contributed by atoms with E-state index < -0.39 is 0 Å². The lowest BCUT2D eigenvalue weighted by molar-refractivity contribution is 0.669. The highest BCUT2D eigenvalue weighted by molar-refractivity contribution is 6.17. The Hall–Kier alpha value is -8.60. The Balaban J connectivity index is 0.883. The molecule has 0 unspecified atom stereocenters. The molecule has 0 aliphatic heterocycles. The highest BCUT2D eigenvalue weighted by Crippen LogP contribution is 2.42. The summed E-state index contributed by atoms with van der Waals surface area (Å²) in [5.74, 6) is 0. The van der Waals surface area contributed by atoms with Gasteiger partial charge in [-0.15, -0.1) is 0 Å². The number of hydrogen-bond acceptors (Lipinski definition) is 1. The Morgan fingerprint density at radius 3 is 1.33 bits per heavy atom. The summed E-state index contributed by atoms with van der Waals surface area (Å²) < 4.78 is 13.7. The predicted molar refractivity (Wildman–Crippen MR) is 268 cm³/mol. The van der Waals surface area contributed by atoms with E-state index in [-0.39, 0.29) is 0 Å². The molecule has 4 aromatic heterocycles. The molecular weight excluding hydrogens is 779 g/mol. The normalized spacial score (nSPS) is 12.1. The number of benzene rings is 10. The van der Waals surface area contributed by atoms with E-state index in [1.54, 1.807) is 0 Å². The van der Waals surface area contributed by atoms with Crippen molar-refractivity contribution in [3.05, 3.63) is 224 Å². The zero-order valence-electron chi connectivity index (χ0n) is 34.6. The number of hydrogen-bond donors (Lipinski definition) is 0. The van der Waals surface area contributed by atoms with Crippen LogP contribution in [0.1, 0.15) is 0 Å². The molecule has 14 rings (SSSR count). The molecule has 10 aromatic carbocycles. The number of aromatic nitrogens is 3. The van der Waals surface area contributed by atoms with Crippen molar-refractivity contribution >= 4 is 87.4 Å². The first-order chi connectivity index (χ1) is 31.7. The van der Waals surface area contributed by atoms with Gasteiger partial charge in [-0.05, 0) is 113 Å². The number of nitrogens with zero attached hydrogens (tertiary/aromatic N) is 3. The van der Waals surface area contributed by atoms with Crippen LogP contribution in [0, 0.1) is 0 Å². The second kappa shape index (κ2) is 13.4. The highest BCUT2D eigenvalue weighted by Gasteiger charge is 2.19. The first-order valence-electron chi connectivity index (χ1n) is 21.9. The number of furan rings is 1. The third-order valence-electron chi connectivity index (χ3n) is 13.4. The average molecular weight is 816 g/mol. The first-order valence-corrected chi connectivity index (χ1v) is 21.9. The van der Waals surface area contributed by atoms with Gasteiger partial charge in [-0.2, -0.15) is 0 Å². The number of fused-ring (bicyclic) bond motifs is 12. The summed E-state index contributed by atoms with van der Waals surface area (Å²) in [4.78, 5) is 0. The maximum absolute atomic E-state index is 6.51. The topological polar surface area (TPSA) is 27.9 Å². The zero-order valence-corrected chi connectivity index (χ0v) is 34.6. The van der Waals surface area contributed by atoms with E-state index in [0.717, 1.165) is 33.3 Å². The largest absolute Gasteiger partial charge is 0.456 e. The molecule has 0 aliphatic carbocycles. The van der Waals surface area contributed by atoms with Gasteiger partial charge in [-0.25, -0.2) is 0 Å². The second-order valence-corrected chi connectivity index (χ2v) is 16.9. The first kappa shape index (κ1) is 35.0. The Morgan fingerprint density at radius 1 is 0.250 bits per heavy atom. The van der Waals surface area contributed by atoms with Crippen molar-refractivity contribution in [1.82, 2.24) is 13.7 Å². The molecule has 14 aromatic rings. The quantitative estimate of drug-likeness (QED) is 0.170. The van der Waals surface area contributed by atoms with Gasteiger partial charge < -0.3 is 18.1 Å². The molecule has 0 spiro atoms. The van der Waals surface area contributed by atoms with E-state index in [1.807, 2.05) is 0 Å². The molecule has 0 radical (unpaired) electrons. The van der Waals surface area contributed by atoms with Crippen molar-refractivity contribution in [2.24, 2.45) is 0 Å². The van der Waals surface area contributed by atoms with E-state index in [9.17, 15) is 0 Å². The minimum atomic E-state index is 0.876. The van der Waals surface area contributed by atoms with Crippen molar-refractivity contribution in [2.45, 2.75) is 0 Å². The summed E-state index contributed by atoms with van der Waals surface area (Å²) in [6, 6.07) is 81.4. The van der Waals surface area contributed by atoms with Crippen LogP contribution in [0.15, 0.2) is 229 Å². The molecule has 0 aliphatic rings. The minimum absolute atomic E-state index is 0.876. The summed E-state index contributed by atoms with van der Waals surface area (Å²) in [5, 5.41) is 9.67. The lowest BCUT2D eigenvalue weighted by atomic mass is 9.96. The molecule has 0 saturated carbocycles. The maximum atomic E-state index is 6.51. The Kier molecular flexibility index (Phi) is 7.36. The van der Waals surface area contributed by atoms with E-state index in [2.05, 4.69) is 238 Å². The minimum Gasteiger partial charge on any atom is -0.456 e. The van der Waals surface area contributed by atoms with Crippen molar-refractivity contribution in [2.75, 3.05) is 0 Å². The molecule has 0 fully saturated rings. The standard InChI is InChI=1S/C60H37N3O/c1-2-13-41(14-3-1)61-54-22-10-6-17-47(54)49-35-40(29-32-56(49)61)38-25-27-39(28-26-38)44-19-12-24-57-60(44)48-18-7-11-23-55(48)63(57)43-31-34-59-51(37-43)50-36-42(30-33-58(50)64-59)62-52-20-8-4-15-45(52)46-16-5-9-21-53(46)62/h1-37H. The smallest absolute Gasteiger partial charge is 0.135 e. The van der Waals surface area contributed by atoms with Crippen LogP contribution in [0.2, 0.25) is 0 Å². The fourth-order valence-electron chi connectivity index (χ4n) is 10.6. The summed E-state index contributed by atoms with van der Waals surface area (Å²) in [7, 11) is 0. The van der Waals surface area contributed by atoms with Crippen molar-refractivity contribution in [3.63, 3.8) is 0 Å². The van der Waals surface area contributed by atoms with E-state index in [4.69, 9.17) is 4.42 Å². The van der Waals surface area contributed by atoms with Crippen LogP contribution in [-0.2, 0) is 0 Å². The summed E-state index contributed by atoms with van der Waals surface area (Å²) in [5.41, 5.74) is 17.1. The van der Waals surface area contributed by atoms with Crippen molar-refractivity contribution in [3.8, 4) is 39.3 Å². The molecule has 0 bridgehead atoms. The van der Waals surface area contributed by atoms with E-state index >= 15 is 0 Å². The molecule has 0 amide bonds. The third-order valence-corrected chi connectivity index (χ3v) is 13.4. The van der Waals surface area contributed by atoms with Crippen LogP contribution in [0.5, 0.6) is 0 Å². The monoisotopic (exact) mass is 815 g/mol. The molecule has 4 heterocycles. The van der Waals surface area contributed by atoms with Crippen LogP contribution in [-0.4, -0.2) is 13.7 Å². The van der Waals surface area contributed by atoms with E-state index in [1.165, 1.54) is 93.4 Å².